The fraction of sp³-hybridized carbons (Fsp3) is 0.571. The highest BCUT2D eigenvalue weighted by Gasteiger charge is 2.09. The highest BCUT2D eigenvalue weighted by atomic mass is 15.3. The summed E-state index contributed by atoms with van der Waals surface area (Å²) in [5, 5.41) is 18.8. The molecule has 3 rings (SSSR count). The van der Waals surface area contributed by atoms with Crippen LogP contribution in [0.15, 0.2) is 0 Å². The van der Waals surface area contributed by atoms with Crippen molar-refractivity contribution >= 4 is 35.7 Å². The second kappa shape index (κ2) is 10.2. The average molecular weight is 390 g/mol. The standard InChI is InChI=1S/C14H26N14/c15-1-3-17-9-23-11-19-5-7-21-13-25-10(18-4-2-16)26-14(28-13)22-8-6-20-12(24-9)27-11/h1-8,15-16H2,(H3,17,19,20,23,24,27)(H3,18,21,22,25,26,28). The van der Waals surface area contributed by atoms with E-state index < -0.39 is 0 Å². The Balaban J connectivity index is 1.72. The lowest BCUT2D eigenvalue weighted by Crippen LogP contribution is -2.23. The molecule has 0 amide bonds. The van der Waals surface area contributed by atoms with E-state index in [9.17, 15) is 0 Å². The summed E-state index contributed by atoms with van der Waals surface area (Å²) in [7, 11) is 0. The van der Waals surface area contributed by atoms with Crippen molar-refractivity contribution in [1.82, 2.24) is 29.9 Å². The summed E-state index contributed by atoms with van der Waals surface area (Å²) in [6, 6.07) is 0. The molecule has 14 heteroatoms. The van der Waals surface area contributed by atoms with Gasteiger partial charge in [0.2, 0.25) is 35.7 Å². The Morgan fingerprint density at radius 3 is 1.18 bits per heavy atom. The molecule has 0 aliphatic carbocycles. The van der Waals surface area contributed by atoms with Gasteiger partial charge in [0, 0.05) is 52.4 Å². The third-order valence-corrected chi connectivity index (χ3v) is 3.51. The number of rotatable bonds is 6. The molecule has 2 aromatic rings. The zero-order valence-corrected chi connectivity index (χ0v) is 15.5. The Morgan fingerprint density at radius 1 is 0.571 bits per heavy atom. The Hall–Kier alpha value is -3.26. The number of fused-ring (bicyclic) bond motifs is 4. The molecule has 0 aromatic carbocycles. The number of aromatic nitrogens is 6. The number of hydrogen-bond donors (Lipinski definition) is 8. The molecule has 0 fully saturated rings. The Bertz CT molecular complexity index is 641. The quantitative estimate of drug-likeness (QED) is 0.273. The van der Waals surface area contributed by atoms with Crippen LogP contribution in [0.5, 0.6) is 0 Å². The van der Waals surface area contributed by atoms with E-state index in [0.29, 0.717) is 88.0 Å². The van der Waals surface area contributed by atoms with Crippen LogP contribution < -0.4 is 43.4 Å². The van der Waals surface area contributed by atoms with Crippen molar-refractivity contribution in [1.29, 1.82) is 0 Å². The molecule has 2 aromatic heterocycles. The van der Waals surface area contributed by atoms with Crippen LogP contribution in [0.4, 0.5) is 35.7 Å². The van der Waals surface area contributed by atoms with Crippen molar-refractivity contribution in [2.24, 2.45) is 11.5 Å². The van der Waals surface area contributed by atoms with Gasteiger partial charge in [0.15, 0.2) is 0 Å². The van der Waals surface area contributed by atoms with Gasteiger partial charge < -0.3 is 43.4 Å². The smallest absolute Gasteiger partial charge is 0.229 e. The predicted molar refractivity (Wildman–Crippen MR) is 109 cm³/mol. The molecule has 0 radical (unpaired) electrons. The maximum absolute atomic E-state index is 5.53. The van der Waals surface area contributed by atoms with Gasteiger partial charge in [-0.2, -0.15) is 29.9 Å². The third kappa shape index (κ3) is 5.88. The van der Waals surface area contributed by atoms with Gasteiger partial charge in [-0.1, -0.05) is 0 Å². The number of nitrogens with zero attached hydrogens (tertiary/aromatic N) is 6. The van der Waals surface area contributed by atoms with E-state index in [4.69, 9.17) is 11.5 Å². The molecule has 0 saturated heterocycles. The van der Waals surface area contributed by atoms with E-state index in [1.165, 1.54) is 0 Å². The molecule has 4 bridgehead atoms. The first-order valence-corrected chi connectivity index (χ1v) is 9.12. The summed E-state index contributed by atoms with van der Waals surface area (Å²) in [6.45, 7) is 4.34. The highest BCUT2D eigenvalue weighted by molar-refractivity contribution is 5.44. The highest BCUT2D eigenvalue weighted by Crippen LogP contribution is 2.11. The van der Waals surface area contributed by atoms with Crippen molar-refractivity contribution in [3.05, 3.63) is 0 Å². The fourth-order valence-electron chi connectivity index (χ4n) is 2.29. The second-order valence-electron chi connectivity index (χ2n) is 5.75. The molecule has 0 saturated carbocycles. The van der Waals surface area contributed by atoms with Gasteiger partial charge in [0.05, 0.1) is 0 Å². The average Bonchev–Trinajstić information content (AvgIpc) is 2.71. The van der Waals surface area contributed by atoms with Gasteiger partial charge in [0.25, 0.3) is 0 Å². The molecule has 3 heterocycles. The van der Waals surface area contributed by atoms with E-state index in [1.807, 2.05) is 0 Å². The van der Waals surface area contributed by atoms with Crippen molar-refractivity contribution in [2.45, 2.75) is 0 Å². The molecule has 14 nitrogen and oxygen atoms in total. The minimum absolute atomic E-state index is 0.462. The largest absolute Gasteiger partial charge is 0.353 e. The van der Waals surface area contributed by atoms with Crippen molar-refractivity contribution in [3.63, 3.8) is 0 Å². The molecule has 28 heavy (non-hydrogen) atoms. The summed E-state index contributed by atoms with van der Waals surface area (Å²) in [4.78, 5) is 26.1. The molecule has 0 spiro atoms. The van der Waals surface area contributed by atoms with Crippen LogP contribution in [0.3, 0.4) is 0 Å². The monoisotopic (exact) mass is 390 g/mol. The number of nitrogens with two attached hydrogens (primary N) is 2. The Morgan fingerprint density at radius 2 is 0.893 bits per heavy atom. The van der Waals surface area contributed by atoms with Crippen LogP contribution >= 0.6 is 0 Å². The lowest BCUT2D eigenvalue weighted by Gasteiger charge is -2.14. The van der Waals surface area contributed by atoms with Crippen LogP contribution in [0, 0.1) is 0 Å². The van der Waals surface area contributed by atoms with Gasteiger partial charge in [-0.3, -0.25) is 0 Å². The van der Waals surface area contributed by atoms with E-state index >= 15 is 0 Å². The number of hydrogen-bond acceptors (Lipinski definition) is 14. The summed E-state index contributed by atoms with van der Waals surface area (Å²) >= 11 is 0. The Labute approximate surface area is 162 Å². The van der Waals surface area contributed by atoms with Gasteiger partial charge in [-0.25, -0.2) is 0 Å². The van der Waals surface area contributed by atoms with Gasteiger partial charge in [-0.15, -0.1) is 0 Å². The molecule has 1 aliphatic heterocycles. The summed E-state index contributed by atoms with van der Waals surface area (Å²) in [6.07, 6.45) is 0. The molecule has 0 atom stereocenters. The molecular formula is C14H26N14. The molecule has 1 aliphatic rings. The summed E-state index contributed by atoms with van der Waals surface area (Å²) in [5.74, 6) is 2.78. The van der Waals surface area contributed by atoms with E-state index in [-0.39, 0.29) is 0 Å². The van der Waals surface area contributed by atoms with E-state index in [1.54, 1.807) is 0 Å². The zero-order valence-electron chi connectivity index (χ0n) is 15.5. The minimum atomic E-state index is 0.462. The van der Waals surface area contributed by atoms with Crippen LogP contribution in [-0.2, 0) is 0 Å². The third-order valence-electron chi connectivity index (χ3n) is 3.51. The van der Waals surface area contributed by atoms with Crippen LogP contribution in [0.1, 0.15) is 0 Å². The first kappa shape index (κ1) is 19.5. The molecule has 10 N–H and O–H groups in total. The normalized spacial score (nSPS) is 13.8. The number of nitrogens with one attached hydrogen (secondary N) is 6. The molecule has 0 unspecified atom stereocenters. The minimum Gasteiger partial charge on any atom is -0.353 e. The van der Waals surface area contributed by atoms with Crippen molar-refractivity contribution in [3.8, 4) is 0 Å². The van der Waals surface area contributed by atoms with E-state index in [0.717, 1.165) is 0 Å². The van der Waals surface area contributed by atoms with Gasteiger partial charge in [-0.05, 0) is 0 Å². The maximum Gasteiger partial charge on any atom is 0.229 e. The van der Waals surface area contributed by atoms with Gasteiger partial charge in [0.1, 0.15) is 0 Å². The topological polar surface area (TPSA) is 202 Å². The Kier molecular flexibility index (Phi) is 7.08. The van der Waals surface area contributed by atoms with Gasteiger partial charge >= 0.3 is 0 Å². The summed E-state index contributed by atoms with van der Waals surface area (Å²) < 4.78 is 0. The summed E-state index contributed by atoms with van der Waals surface area (Å²) in [5.41, 5.74) is 11.1. The van der Waals surface area contributed by atoms with Crippen LogP contribution in [0.2, 0.25) is 0 Å². The molecular weight excluding hydrogens is 364 g/mol. The van der Waals surface area contributed by atoms with Crippen molar-refractivity contribution in [2.75, 3.05) is 84.3 Å². The van der Waals surface area contributed by atoms with Crippen LogP contribution in [-0.4, -0.2) is 82.3 Å². The van der Waals surface area contributed by atoms with E-state index in [2.05, 4.69) is 61.8 Å². The lowest BCUT2D eigenvalue weighted by molar-refractivity contribution is 0.916. The molecule has 152 valence electrons. The zero-order chi connectivity index (χ0) is 19.6. The van der Waals surface area contributed by atoms with Crippen LogP contribution in [0.25, 0.3) is 0 Å². The number of anilines is 6. The maximum atomic E-state index is 5.53. The first-order valence-electron chi connectivity index (χ1n) is 9.12. The SMILES string of the molecule is NCCNc1nc2nc(n1)NCCNc1nc(NCCN)nc(n1)NCCN2. The van der Waals surface area contributed by atoms with Crippen molar-refractivity contribution < 1.29 is 0 Å². The first-order chi connectivity index (χ1) is 13.8. The fourth-order valence-corrected chi connectivity index (χ4v) is 2.29. The second-order valence-corrected chi connectivity index (χ2v) is 5.75. The predicted octanol–water partition coefficient (Wildman–Crippen LogP) is -1.84. The lowest BCUT2D eigenvalue weighted by atomic mass is 10.5.